The lowest BCUT2D eigenvalue weighted by Crippen LogP contribution is -2.46. The number of hydrogen-bond acceptors (Lipinski definition) is 5. The van der Waals surface area contributed by atoms with Gasteiger partial charge in [-0.1, -0.05) is 30.3 Å². The Hall–Kier alpha value is -2.47. The molecule has 1 aliphatic heterocycles. The van der Waals surface area contributed by atoms with Crippen LogP contribution in [0.2, 0.25) is 0 Å². The van der Waals surface area contributed by atoms with E-state index in [1.165, 1.54) is 11.8 Å². The maximum Gasteiger partial charge on any atom is 0.259 e. The highest BCUT2D eigenvalue weighted by Gasteiger charge is 2.26. The van der Waals surface area contributed by atoms with Crippen molar-refractivity contribution in [3.8, 4) is 0 Å². The number of rotatable bonds is 3. The van der Waals surface area contributed by atoms with Crippen LogP contribution in [-0.4, -0.2) is 46.6 Å². The summed E-state index contributed by atoms with van der Waals surface area (Å²) in [5, 5.41) is 0. The van der Waals surface area contributed by atoms with Crippen molar-refractivity contribution in [2.45, 2.75) is 19.4 Å². The van der Waals surface area contributed by atoms with E-state index in [0.29, 0.717) is 31.1 Å². The molecule has 1 amide bonds. The van der Waals surface area contributed by atoms with E-state index in [1.807, 2.05) is 18.2 Å². The van der Waals surface area contributed by atoms with Crippen LogP contribution in [0.1, 0.15) is 21.7 Å². The van der Waals surface area contributed by atoms with E-state index in [2.05, 4.69) is 22.1 Å². The first kappa shape index (κ1) is 15.4. The second kappa shape index (κ2) is 6.75. The Bertz CT molecular complexity index is 690. The van der Waals surface area contributed by atoms with Gasteiger partial charge in [0.2, 0.25) is 0 Å². The van der Waals surface area contributed by atoms with Crippen LogP contribution in [0.4, 0.5) is 5.82 Å². The van der Waals surface area contributed by atoms with E-state index < -0.39 is 0 Å². The van der Waals surface area contributed by atoms with Crippen LogP contribution in [0.5, 0.6) is 0 Å². The predicted octanol–water partition coefficient (Wildman–Crippen LogP) is 1.45. The Morgan fingerprint density at radius 2 is 2.17 bits per heavy atom. The minimum atomic E-state index is -0.135. The molecule has 1 aliphatic rings. The molecule has 0 spiro atoms. The summed E-state index contributed by atoms with van der Waals surface area (Å²) in [5.74, 6) is 0.653. The van der Waals surface area contributed by atoms with Gasteiger partial charge in [-0.05, 0) is 12.5 Å². The van der Waals surface area contributed by atoms with Crippen LogP contribution in [0, 0.1) is 6.92 Å². The van der Waals surface area contributed by atoms with Crippen LogP contribution < -0.4 is 5.73 Å². The largest absolute Gasteiger partial charge is 0.383 e. The van der Waals surface area contributed by atoms with Crippen molar-refractivity contribution in [3.63, 3.8) is 0 Å². The molecule has 6 heteroatoms. The molecule has 6 nitrogen and oxygen atoms in total. The van der Waals surface area contributed by atoms with E-state index in [-0.39, 0.29) is 17.8 Å². The van der Waals surface area contributed by atoms with Crippen molar-refractivity contribution in [1.82, 2.24) is 14.9 Å². The highest BCUT2D eigenvalue weighted by atomic mass is 16.5. The SMILES string of the molecule is Cc1ncc(C(=O)N2CCOC(Cc3ccccc3)C2)c(N)n1. The maximum atomic E-state index is 12.6. The van der Waals surface area contributed by atoms with Gasteiger partial charge in [0.25, 0.3) is 5.91 Å². The fraction of sp³-hybridized carbons (Fsp3) is 0.353. The van der Waals surface area contributed by atoms with Crippen LogP contribution in [0.25, 0.3) is 0 Å². The van der Waals surface area contributed by atoms with Crippen molar-refractivity contribution in [2.75, 3.05) is 25.4 Å². The third kappa shape index (κ3) is 3.65. The van der Waals surface area contributed by atoms with E-state index in [0.717, 1.165) is 6.42 Å². The first-order valence-corrected chi connectivity index (χ1v) is 7.67. The van der Waals surface area contributed by atoms with Gasteiger partial charge in [-0.15, -0.1) is 0 Å². The number of morpholine rings is 1. The number of hydrogen-bond donors (Lipinski definition) is 1. The number of amides is 1. The van der Waals surface area contributed by atoms with E-state index in [1.54, 1.807) is 11.8 Å². The summed E-state index contributed by atoms with van der Waals surface area (Å²) in [7, 11) is 0. The van der Waals surface area contributed by atoms with Gasteiger partial charge in [-0.25, -0.2) is 9.97 Å². The highest BCUT2D eigenvalue weighted by Crippen LogP contribution is 2.16. The van der Waals surface area contributed by atoms with Crippen molar-refractivity contribution in [3.05, 3.63) is 53.5 Å². The molecule has 1 unspecified atom stereocenters. The molecule has 0 bridgehead atoms. The number of nitrogens with two attached hydrogens (primary N) is 1. The number of nitrogen functional groups attached to an aromatic ring is 1. The number of benzene rings is 1. The summed E-state index contributed by atoms with van der Waals surface area (Å²) >= 11 is 0. The summed E-state index contributed by atoms with van der Waals surface area (Å²) in [6, 6.07) is 10.1. The van der Waals surface area contributed by atoms with Crippen LogP contribution >= 0.6 is 0 Å². The number of carbonyl (C=O) groups is 1. The number of aromatic nitrogens is 2. The minimum Gasteiger partial charge on any atom is -0.383 e. The van der Waals surface area contributed by atoms with E-state index >= 15 is 0 Å². The van der Waals surface area contributed by atoms with Crippen LogP contribution in [-0.2, 0) is 11.2 Å². The topological polar surface area (TPSA) is 81.3 Å². The summed E-state index contributed by atoms with van der Waals surface area (Å²) in [6.45, 7) is 3.36. The molecular weight excluding hydrogens is 292 g/mol. The number of ether oxygens (including phenoxy) is 1. The molecule has 2 N–H and O–H groups in total. The molecule has 0 radical (unpaired) electrons. The Balaban J connectivity index is 1.69. The normalized spacial score (nSPS) is 18.0. The van der Waals surface area contributed by atoms with Crippen LogP contribution in [0.15, 0.2) is 36.5 Å². The molecule has 2 aromatic rings. The predicted molar refractivity (Wildman–Crippen MR) is 87.0 cm³/mol. The second-order valence-electron chi connectivity index (χ2n) is 5.65. The third-order valence-electron chi connectivity index (χ3n) is 3.90. The first-order chi connectivity index (χ1) is 11.1. The number of anilines is 1. The Morgan fingerprint density at radius 3 is 2.91 bits per heavy atom. The van der Waals surface area contributed by atoms with Crippen molar-refractivity contribution in [2.24, 2.45) is 0 Å². The summed E-state index contributed by atoms with van der Waals surface area (Å²) in [4.78, 5) is 22.5. The van der Waals surface area contributed by atoms with Crippen molar-refractivity contribution < 1.29 is 9.53 Å². The van der Waals surface area contributed by atoms with E-state index in [4.69, 9.17) is 10.5 Å². The zero-order chi connectivity index (χ0) is 16.2. The fourth-order valence-corrected chi connectivity index (χ4v) is 2.73. The highest BCUT2D eigenvalue weighted by molar-refractivity contribution is 5.98. The van der Waals surface area contributed by atoms with Gasteiger partial charge in [0, 0.05) is 25.7 Å². The zero-order valence-electron chi connectivity index (χ0n) is 13.1. The molecule has 1 fully saturated rings. The number of aryl methyl sites for hydroxylation is 1. The number of nitrogens with zero attached hydrogens (tertiary/aromatic N) is 3. The van der Waals surface area contributed by atoms with Gasteiger partial charge in [0.1, 0.15) is 17.2 Å². The van der Waals surface area contributed by atoms with E-state index in [9.17, 15) is 4.79 Å². The Labute approximate surface area is 135 Å². The molecule has 23 heavy (non-hydrogen) atoms. The van der Waals surface area contributed by atoms with Gasteiger partial charge >= 0.3 is 0 Å². The Kier molecular flexibility index (Phi) is 4.52. The average molecular weight is 312 g/mol. The van der Waals surface area contributed by atoms with Crippen molar-refractivity contribution >= 4 is 11.7 Å². The molecule has 1 aromatic heterocycles. The standard InChI is InChI=1S/C17H20N4O2/c1-12-19-10-15(16(18)20-12)17(22)21-7-8-23-14(11-21)9-13-5-3-2-4-6-13/h2-6,10,14H,7-9,11H2,1H3,(H2,18,19,20). The fourth-order valence-electron chi connectivity index (χ4n) is 2.73. The second-order valence-corrected chi connectivity index (χ2v) is 5.65. The maximum absolute atomic E-state index is 12.6. The Morgan fingerprint density at radius 1 is 1.39 bits per heavy atom. The van der Waals surface area contributed by atoms with Crippen molar-refractivity contribution in [1.29, 1.82) is 0 Å². The molecule has 0 aliphatic carbocycles. The summed E-state index contributed by atoms with van der Waals surface area (Å²) < 4.78 is 5.79. The summed E-state index contributed by atoms with van der Waals surface area (Å²) in [6.07, 6.45) is 2.27. The molecular formula is C17H20N4O2. The zero-order valence-corrected chi connectivity index (χ0v) is 13.1. The van der Waals surface area contributed by atoms with Gasteiger partial charge in [-0.2, -0.15) is 0 Å². The van der Waals surface area contributed by atoms with Gasteiger partial charge in [0.15, 0.2) is 0 Å². The smallest absolute Gasteiger partial charge is 0.259 e. The molecule has 3 rings (SSSR count). The molecule has 0 saturated carbocycles. The average Bonchev–Trinajstić information content (AvgIpc) is 2.55. The number of carbonyl (C=O) groups excluding carboxylic acids is 1. The summed E-state index contributed by atoms with van der Waals surface area (Å²) in [5.41, 5.74) is 7.41. The minimum absolute atomic E-state index is 0.0114. The molecule has 120 valence electrons. The molecule has 1 atom stereocenters. The van der Waals surface area contributed by atoms with Gasteiger partial charge in [-0.3, -0.25) is 4.79 Å². The van der Waals surface area contributed by atoms with Gasteiger partial charge in [0.05, 0.1) is 12.7 Å². The quantitative estimate of drug-likeness (QED) is 0.927. The molecule has 2 heterocycles. The lowest BCUT2D eigenvalue weighted by atomic mass is 10.1. The monoisotopic (exact) mass is 312 g/mol. The molecule has 1 saturated heterocycles. The first-order valence-electron chi connectivity index (χ1n) is 7.67. The lowest BCUT2D eigenvalue weighted by molar-refractivity contribution is -0.0208. The van der Waals surface area contributed by atoms with Crippen LogP contribution in [0.3, 0.4) is 0 Å². The molecule has 1 aromatic carbocycles. The van der Waals surface area contributed by atoms with Gasteiger partial charge < -0.3 is 15.4 Å². The third-order valence-corrected chi connectivity index (χ3v) is 3.90. The lowest BCUT2D eigenvalue weighted by Gasteiger charge is -2.33.